The summed E-state index contributed by atoms with van der Waals surface area (Å²) >= 11 is 7.51. The van der Waals surface area contributed by atoms with Crippen LogP contribution in [-0.2, 0) is 0 Å². The summed E-state index contributed by atoms with van der Waals surface area (Å²) in [5.41, 5.74) is 1.05. The lowest BCUT2D eigenvalue weighted by molar-refractivity contribution is 0.0935. The fourth-order valence-electron chi connectivity index (χ4n) is 3.58. The largest absolute Gasteiger partial charge is 0.347 e. The predicted molar refractivity (Wildman–Crippen MR) is 101 cm³/mol. The van der Waals surface area contributed by atoms with E-state index in [1.54, 1.807) is 0 Å². The van der Waals surface area contributed by atoms with Crippen molar-refractivity contribution < 1.29 is 4.79 Å². The quantitative estimate of drug-likeness (QED) is 0.860. The maximum atomic E-state index is 12.4. The molecule has 0 saturated carbocycles. The smallest absolute Gasteiger partial charge is 0.261 e. The first-order valence-electron chi connectivity index (χ1n) is 8.28. The van der Waals surface area contributed by atoms with Gasteiger partial charge in [0, 0.05) is 28.0 Å². The normalized spacial score (nSPS) is 25.5. The zero-order chi connectivity index (χ0) is 16.5. The van der Waals surface area contributed by atoms with Gasteiger partial charge in [0.05, 0.1) is 4.88 Å². The van der Waals surface area contributed by atoms with Crippen molar-refractivity contribution >= 4 is 41.0 Å². The van der Waals surface area contributed by atoms with Crippen LogP contribution in [0.4, 0.5) is 0 Å². The third kappa shape index (κ3) is 3.41. The Morgan fingerprint density at radius 1 is 1.25 bits per heavy atom. The van der Waals surface area contributed by atoms with Crippen LogP contribution in [-0.4, -0.2) is 24.0 Å². The average Bonchev–Trinajstić information content (AvgIpc) is 3.29. The Labute approximate surface area is 150 Å². The van der Waals surface area contributed by atoms with E-state index in [9.17, 15) is 4.79 Å². The van der Waals surface area contributed by atoms with Crippen LogP contribution < -0.4 is 10.6 Å². The first-order chi connectivity index (χ1) is 11.7. The summed E-state index contributed by atoms with van der Waals surface area (Å²) in [7, 11) is 0. The van der Waals surface area contributed by atoms with Crippen LogP contribution >= 0.6 is 22.9 Å². The average molecular weight is 359 g/mol. The van der Waals surface area contributed by atoms with E-state index in [0.29, 0.717) is 12.1 Å². The van der Waals surface area contributed by atoms with Gasteiger partial charge in [0.1, 0.15) is 0 Å². The Kier molecular flexibility index (Phi) is 4.44. The van der Waals surface area contributed by atoms with Gasteiger partial charge in [0.25, 0.3) is 5.91 Å². The van der Waals surface area contributed by atoms with Gasteiger partial charge >= 0.3 is 0 Å². The van der Waals surface area contributed by atoms with Crippen molar-refractivity contribution in [1.82, 2.24) is 10.6 Å². The molecule has 3 heterocycles. The molecular formula is C19H19ClN2OS. The zero-order valence-corrected chi connectivity index (χ0v) is 14.7. The fraction of sp³-hybridized carbons (Fsp3) is 0.316. The van der Waals surface area contributed by atoms with Gasteiger partial charge in [-0.2, -0.15) is 0 Å². The first-order valence-corrected chi connectivity index (χ1v) is 9.47. The van der Waals surface area contributed by atoms with E-state index in [-0.39, 0.29) is 11.9 Å². The number of rotatable bonds is 4. The molecule has 2 aromatic rings. The molecule has 3 nitrogen and oxygen atoms in total. The molecule has 1 aromatic carbocycles. The van der Waals surface area contributed by atoms with E-state index in [4.69, 9.17) is 11.6 Å². The number of amides is 1. The maximum absolute atomic E-state index is 12.4. The number of benzene rings is 1. The minimum atomic E-state index is 0.0433. The number of fused-ring (bicyclic) bond motifs is 2. The molecule has 0 unspecified atom stereocenters. The highest BCUT2D eigenvalue weighted by Crippen LogP contribution is 2.29. The number of hydrogen-bond acceptors (Lipinski definition) is 3. The summed E-state index contributed by atoms with van der Waals surface area (Å²) in [6.07, 6.45) is 7.51. The molecule has 124 valence electrons. The number of hydrogen-bond donors (Lipinski definition) is 2. The molecule has 4 rings (SSSR count). The van der Waals surface area contributed by atoms with Crippen LogP contribution in [0.25, 0.3) is 12.2 Å². The summed E-state index contributed by atoms with van der Waals surface area (Å²) in [5, 5.41) is 7.46. The lowest BCUT2D eigenvalue weighted by Gasteiger charge is -2.20. The van der Waals surface area contributed by atoms with Crippen molar-refractivity contribution in [2.45, 2.75) is 37.4 Å². The number of thiophene rings is 1. The molecule has 2 aliphatic rings. The van der Waals surface area contributed by atoms with Gasteiger partial charge in [-0.1, -0.05) is 29.8 Å². The highest BCUT2D eigenvalue weighted by molar-refractivity contribution is 7.14. The Hall–Kier alpha value is -1.62. The number of nitrogens with one attached hydrogen (secondary N) is 2. The minimum Gasteiger partial charge on any atom is -0.347 e. The Morgan fingerprint density at radius 2 is 2.17 bits per heavy atom. The molecule has 2 N–H and O–H groups in total. The second-order valence-electron chi connectivity index (χ2n) is 6.45. The van der Waals surface area contributed by atoms with E-state index in [1.807, 2.05) is 48.6 Å². The molecule has 0 aliphatic carbocycles. The first kappa shape index (κ1) is 15.9. The molecular weight excluding hydrogens is 340 g/mol. The number of halogens is 1. The molecule has 1 aromatic heterocycles. The second-order valence-corrected chi connectivity index (χ2v) is 8.01. The Morgan fingerprint density at radius 3 is 2.92 bits per heavy atom. The predicted octanol–water partition coefficient (Wildman–Crippen LogP) is 4.19. The van der Waals surface area contributed by atoms with Gasteiger partial charge in [-0.3, -0.25) is 4.79 Å². The molecule has 2 saturated heterocycles. The highest BCUT2D eigenvalue weighted by atomic mass is 35.5. The Bertz CT molecular complexity index is 785. The highest BCUT2D eigenvalue weighted by Gasteiger charge is 2.39. The number of carbonyl (C=O) groups excluding carboxylic acids is 1. The summed E-state index contributed by atoms with van der Waals surface area (Å²) in [6, 6.07) is 12.9. The van der Waals surface area contributed by atoms with Crippen molar-refractivity contribution in [3.63, 3.8) is 0 Å². The van der Waals surface area contributed by atoms with Crippen molar-refractivity contribution in [2.75, 3.05) is 0 Å². The topological polar surface area (TPSA) is 41.1 Å². The third-order valence-electron chi connectivity index (χ3n) is 4.76. The van der Waals surface area contributed by atoms with E-state index < -0.39 is 0 Å². The van der Waals surface area contributed by atoms with Crippen molar-refractivity contribution in [2.24, 2.45) is 0 Å². The maximum Gasteiger partial charge on any atom is 0.261 e. The van der Waals surface area contributed by atoms with E-state index in [0.717, 1.165) is 26.8 Å². The molecule has 3 atom stereocenters. The van der Waals surface area contributed by atoms with Gasteiger partial charge in [-0.15, -0.1) is 11.3 Å². The van der Waals surface area contributed by atoms with E-state index in [1.165, 1.54) is 24.2 Å². The van der Waals surface area contributed by atoms with Crippen LogP contribution in [0, 0.1) is 0 Å². The van der Waals surface area contributed by atoms with Crippen LogP contribution in [0.1, 0.15) is 39.4 Å². The molecule has 2 bridgehead atoms. The van der Waals surface area contributed by atoms with Gasteiger partial charge in [-0.25, -0.2) is 0 Å². The van der Waals surface area contributed by atoms with Crippen LogP contribution in [0.2, 0.25) is 5.02 Å². The van der Waals surface area contributed by atoms with Crippen LogP contribution in [0.15, 0.2) is 36.4 Å². The van der Waals surface area contributed by atoms with Gasteiger partial charge in [0.2, 0.25) is 0 Å². The molecule has 0 radical (unpaired) electrons. The summed E-state index contributed by atoms with van der Waals surface area (Å²) in [4.78, 5) is 14.3. The van der Waals surface area contributed by atoms with Crippen LogP contribution in [0.5, 0.6) is 0 Å². The van der Waals surface area contributed by atoms with Crippen molar-refractivity contribution in [3.8, 4) is 0 Å². The summed E-state index contributed by atoms with van der Waals surface area (Å²) in [6.45, 7) is 0. The molecule has 2 fully saturated rings. The molecule has 5 heteroatoms. The summed E-state index contributed by atoms with van der Waals surface area (Å²) in [5.74, 6) is 0.0433. The molecule has 1 amide bonds. The van der Waals surface area contributed by atoms with E-state index >= 15 is 0 Å². The lowest BCUT2D eigenvalue weighted by Crippen LogP contribution is -2.42. The SMILES string of the molecule is O=C(N[C@@H]1C[C@H]2CC[C@@H]1N2)c1ccc(/C=C/c2cccc(Cl)c2)s1. The molecule has 0 spiro atoms. The van der Waals surface area contributed by atoms with Gasteiger partial charge in [-0.05, 0) is 55.2 Å². The third-order valence-corrected chi connectivity index (χ3v) is 6.04. The lowest BCUT2D eigenvalue weighted by atomic mass is 9.95. The monoisotopic (exact) mass is 358 g/mol. The Balaban J connectivity index is 1.40. The van der Waals surface area contributed by atoms with Crippen molar-refractivity contribution in [1.29, 1.82) is 0 Å². The summed E-state index contributed by atoms with van der Waals surface area (Å²) < 4.78 is 0. The number of carbonyl (C=O) groups is 1. The fourth-order valence-corrected chi connectivity index (χ4v) is 4.59. The van der Waals surface area contributed by atoms with Gasteiger partial charge < -0.3 is 10.6 Å². The van der Waals surface area contributed by atoms with Crippen molar-refractivity contribution in [3.05, 3.63) is 56.7 Å². The van der Waals surface area contributed by atoms with Crippen LogP contribution in [0.3, 0.4) is 0 Å². The second kappa shape index (κ2) is 6.71. The minimum absolute atomic E-state index is 0.0433. The molecule has 24 heavy (non-hydrogen) atoms. The van der Waals surface area contributed by atoms with E-state index in [2.05, 4.69) is 10.6 Å². The molecule has 2 aliphatic heterocycles. The standard InChI is InChI=1S/C19H19ClN2OS/c20-13-3-1-2-12(10-13)4-6-15-7-9-18(24-15)19(23)22-17-11-14-5-8-16(17)21-14/h1-4,6-7,9-10,14,16-17,21H,5,8,11H2,(H,22,23)/b6-4+/t14-,16+,17-/m1/s1. The van der Waals surface area contributed by atoms with Gasteiger partial charge in [0.15, 0.2) is 0 Å². The zero-order valence-electron chi connectivity index (χ0n) is 13.2.